The van der Waals surface area contributed by atoms with Gasteiger partial charge in [0.2, 0.25) is 5.91 Å². The average Bonchev–Trinajstić information content (AvgIpc) is 3.34. The second kappa shape index (κ2) is 13.8. The van der Waals surface area contributed by atoms with E-state index in [0.29, 0.717) is 17.2 Å². The molecule has 1 heterocycles. The summed E-state index contributed by atoms with van der Waals surface area (Å²) in [6, 6.07) is 5.32. The molecule has 1 aliphatic carbocycles. The maximum absolute atomic E-state index is 13.0. The van der Waals surface area contributed by atoms with Crippen molar-refractivity contribution in [1.29, 1.82) is 0 Å². The van der Waals surface area contributed by atoms with Gasteiger partial charge in [-0.05, 0) is 56.4 Å². The first-order valence-electron chi connectivity index (χ1n) is 12.9. The summed E-state index contributed by atoms with van der Waals surface area (Å²) in [6.45, 7) is 3.61. The minimum atomic E-state index is -1.55. The van der Waals surface area contributed by atoms with Crippen LogP contribution in [0.15, 0.2) is 24.3 Å². The van der Waals surface area contributed by atoms with Gasteiger partial charge in [0.25, 0.3) is 0 Å². The van der Waals surface area contributed by atoms with Crippen LogP contribution in [0.4, 0.5) is 5.69 Å². The molecule has 1 aromatic rings. The third-order valence-corrected chi connectivity index (χ3v) is 8.26. The highest BCUT2D eigenvalue weighted by molar-refractivity contribution is 7.99. The fourth-order valence-corrected chi connectivity index (χ4v) is 6.03. The number of esters is 1. The number of nitrogens with one attached hydrogen (secondary N) is 1. The van der Waals surface area contributed by atoms with E-state index >= 15 is 0 Å². The second-order valence-electron chi connectivity index (χ2n) is 10.0. The molecule has 1 aliphatic heterocycles. The minimum Gasteiger partial charge on any atom is -0.461 e. The lowest BCUT2D eigenvalue weighted by atomic mass is 9.91. The van der Waals surface area contributed by atoms with Crippen molar-refractivity contribution in [3.63, 3.8) is 0 Å². The Morgan fingerprint density at radius 1 is 1.16 bits per heavy atom. The van der Waals surface area contributed by atoms with Gasteiger partial charge >= 0.3 is 5.97 Å². The molecular formula is C26H40N2O8S. The summed E-state index contributed by atoms with van der Waals surface area (Å²) in [5.41, 5.74) is 5.53. The zero-order chi connectivity index (χ0) is 27.1. The minimum absolute atomic E-state index is 0.0148. The zero-order valence-corrected chi connectivity index (χ0v) is 22.2. The van der Waals surface area contributed by atoms with Gasteiger partial charge < -0.3 is 41.0 Å². The fourth-order valence-electron chi connectivity index (χ4n) is 5.05. The molecule has 0 spiro atoms. The largest absolute Gasteiger partial charge is 0.461 e. The van der Waals surface area contributed by atoms with Crippen LogP contribution in [-0.2, 0) is 14.3 Å². The lowest BCUT2D eigenvalue weighted by Gasteiger charge is -2.44. The van der Waals surface area contributed by atoms with E-state index in [-0.39, 0.29) is 24.2 Å². The quantitative estimate of drug-likeness (QED) is 0.135. The molecule has 0 aromatic heterocycles. The number of carbonyl (C=O) groups excluding carboxylic acids is 2. The smallest absolute Gasteiger partial charge is 0.338 e. The normalized spacial score (nSPS) is 31.5. The highest BCUT2D eigenvalue weighted by Crippen LogP contribution is 2.35. The van der Waals surface area contributed by atoms with Gasteiger partial charge in [0, 0.05) is 17.4 Å². The number of nitrogens with two attached hydrogens (primary N) is 1. The monoisotopic (exact) mass is 540 g/mol. The van der Waals surface area contributed by atoms with Crippen LogP contribution in [-0.4, -0.2) is 86.7 Å². The standard InChI is InChI=1S/C26H40N2O8S/c1-3-4-15-5-6-17(13-15)24(33)28-19(14(2)29)23-21(31)20(30)22(32)26(36-23)37-12-11-35-25(34)16-7-9-18(27)10-8-16/h7-10,14-15,17,19-23,26,29-32H,3-6,11-13,27H2,1-2H3,(H,28,33)/t14-,15+,17+,19-,20+,21-,22-,23-,26-/m1/s1. The lowest BCUT2D eigenvalue weighted by molar-refractivity contribution is -0.211. The molecule has 1 amide bonds. The molecule has 37 heavy (non-hydrogen) atoms. The number of benzene rings is 1. The number of aliphatic hydroxyl groups excluding tert-OH is 4. The van der Waals surface area contributed by atoms with Crippen LogP contribution in [0.2, 0.25) is 0 Å². The molecule has 1 aromatic carbocycles. The molecular weight excluding hydrogens is 500 g/mol. The number of aliphatic hydroxyl groups is 4. The summed E-state index contributed by atoms with van der Waals surface area (Å²) in [7, 11) is 0. The van der Waals surface area contributed by atoms with Gasteiger partial charge in [-0.1, -0.05) is 19.8 Å². The number of hydrogen-bond acceptors (Lipinski definition) is 10. The summed E-state index contributed by atoms with van der Waals surface area (Å²) in [5.74, 6) is -0.155. The Kier molecular flexibility index (Phi) is 11.0. The fraction of sp³-hybridized carbons (Fsp3) is 0.692. The van der Waals surface area contributed by atoms with E-state index in [0.717, 1.165) is 43.9 Å². The van der Waals surface area contributed by atoms with E-state index in [4.69, 9.17) is 15.2 Å². The van der Waals surface area contributed by atoms with Crippen molar-refractivity contribution >= 4 is 29.3 Å². The van der Waals surface area contributed by atoms with Gasteiger partial charge in [0.15, 0.2) is 0 Å². The van der Waals surface area contributed by atoms with E-state index in [1.54, 1.807) is 24.3 Å². The predicted octanol–water partition coefficient (Wildman–Crippen LogP) is 1.05. The van der Waals surface area contributed by atoms with E-state index in [1.165, 1.54) is 6.92 Å². The summed E-state index contributed by atoms with van der Waals surface area (Å²) in [4.78, 5) is 25.1. The molecule has 0 unspecified atom stereocenters. The average molecular weight is 541 g/mol. The van der Waals surface area contributed by atoms with Gasteiger partial charge in [-0.15, -0.1) is 11.8 Å². The third kappa shape index (κ3) is 7.81. The van der Waals surface area contributed by atoms with Crippen molar-refractivity contribution in [3.8, 4) is 0 Å². The van der Waals surface area contributed by atoms with Crippen molar-refractivity contribution in [3.05, 3.63) is 29.8 Å². The highest BCUT2D eigenvalue weighted by atomic mass is 32.2. The first kappa shape index (κ1) is 29.7. The first-order valence-corrected chi connectivity index (χ1v) is 14.0. The molecule has 208 valence electrons. The first-order chi connectivity index (χ1) is 17.6. The highest BCUT2D eigenvalue weighted by Gasteiger charge is 2.48. The van der Waals surface area contributed by atoms with Crippen molar-refractivity contribution in [1.82, 2.24) is 5.32 Å². The summed E-state index contributed by atoms with van der Waals surface area (Å²) < 4.78 is 11.2. The summed E-state index contributed by atoms with van der Waals surface area (Å²) in [5, 5.41) is 44.9. The van der Waals surface area contributed by atoms with Gasteiger partial charge in [-0.3, -0.25) is 4.79 Å². The molecule has 11 heteroatoms. The number of carbonyl (C=O) groups is 2. The van der Waals surface area contributed by atoms with Gasteiger partial charge in [-0.2, -0.15) is 0 Å². The Morgan fingerprint density at radius 3 is 2.51 bits per heavy atom. The van der Waals surface area contributed by atoms with Crippen molar-refractivity contribution in [2.75, 3.05) is 18.1 Å². The molecule has 7 N–H and O–H groups in total. The van der Waals surface area contributed by atoms with Crippen LogP contribution in [0.5, 0.6) is 0 Å². The molecule has 10 nitrogen and oxygen atoms in total. The van der Waals surface area contributed by atoms with Crippen LogP contribution in [0, 0.1) is 11.8 Å². The Labute approximate surface area is 221 Å². The number of rotatable bonds is 11. The number of hydrogen-bond donors (Lipinski definition) is 6. The van der Waals surface area contributed by atoms with Crippen LogP contribution in [0.1, 0.15) is 56.3 Å². The van der Waals surface area contributed by atoms with Crippen molar-refractivity contribution in [2.24, 2.45) is 11.8 Å². The summed E-state index contributed by atoms with van der Waals surface area (Å²) in [6.07, 6.45) is -2.03. The molecule has 2 fully saturated rings. The number of ether oxygens (including phenoxy) is 2. The van der Waals surface area contributed by atoms with E-state index in [9.17, 15) is 30.0 Å². The SMILES string of the molecule is CCC[C@H]1CC[C@H](C(=O)N[C@@H]([C@H]2O[C@H](SCCOC(=O)c3ccc(N)cc3)[C@H](O)[C@@H](O)[C@H]2O)[C@@H](C)O)C1. The van der Waals surface area contributed by atoms with Crippen molar-refractivity contribution < 1.29 is 39.5 Å². The second-order valence-corrected chi connectivity index (χ2v) is 11.2. The topological polar surface area (TPSA) is 172 Å². The van der Waals surface area contributed by atoms with E-state index in [1.807, 2.05) is 0 Å². The number of nitrogen functional groups attached to an aromatic ring is 1. The lowest BCUT2D eigenvalue weighted by Crippen LogP contribution is -2.65. The molecule has 9 atom stereocenters. The molecule has 1 saturated carbocycles. The summed E-state index contributed by atoms with van der Waals surface area (Å²) >= 11 is 1.10. The number of thioether (sulfide) groups is 1. The third-order valence-electron chi connectivity index (χ3n) is 7.14. The van der Waals surface area contributed by atoms with Crippen LogP contribution in [0.3, 0.4) is 0 Å². The van der Waals surface area contributed by atoms with Gasteiger partial charge in [-0.25, -0.2) is 4.79 Å². The Balaban J connectivity index is 1.56. The Morgan fingerprint density at radius 2 is 1.86 bits per heavy atom. The Hall–Kier alpha value is -1.89. The maximum Gasteiger partial charge on any atom is 0.338 e. The van der Waals surface area contributed by atoms with E-state index < -0.39 is 48.0 Å². The predicted molar refractivity (Wildman–Crippen MR) is 140 cm³/mol. The number of amides is 1. The zero-order valence-electron chi connectivity index (χ0n) is 21.4. The van der Waals surface area contributed by atoms with Crippen LogP contribution >= 0.6 is 11.8 Å². The molecule has 1 saturated heterocycles. The maximum atomic E-state index is 13.0. The van der Waals surface area contributed by atoms with Crippen LogP contribution < -0.4 is 11.1 Å². The Bertz CT molecular complexity index is 886. The van der Waals surface area contributed by atoms with Gasteiger partial charge in [0.05, 0.1) is 17.7 Å². The van der Waals surface area contributed by atoms with Gasteiger partial charge in [0.1, 0.15) is 36.5 Å². The van der Waals surface area contributed by atoms with Crippen molar-refractivity contribution in [2.45, 2.75) is 87.9 Å². The molecule has 0 radical (unpaired) electrons. The molecule has 2 aliphatic rings. The van der Waals surface area contributed by atoms with Crippen LogP contribution in [0.25, 0.3) is 0 Å². The number of anilines is 1. The molecule has 3 rings (SSSR count). The van der Waals surface area contributed by atoms with E-state index in [2.05, 4.69) is 12.2 Å². The molecule has 0 bridgehead atoms.